The molecular weight excluding hydrogens is 246 g/mol. The van der Waals surface area contributed by atoms with Gasteiger partial charge in [0.05, 0.1) is 18.8 Å². The molecule has 2 heterocycles. The van der Waals surface area contributed by atoms with Crippen molar-refractivity contribution in [3.8, 4) is 0 Å². The smallest absolute Gasteiger partial charge is 0.142 e. The van der Waals surface area contributed by atoms with Crippen molar-refractivity contribution in [3.63, 3.8) is 0 Å². The molecule has 4 nitrogen and oxygen atoms in total. The van der Waals surface area contributed by atoms with Crippen molar-refractivity contribution >= 4 is 22.4 Å². The molecule has 4 rings (SSSR count). The van der Waals surface area contributed by atoms with E-state index in [2.05, 4.69) is 9.27 Å². The van der Waals surface area contributed by atoms with Crippen LogP contribution < -0.4 is 10.6 Å². The lowest BCUT2D eigenvalue weighted by atomic mass is 10.1. The summed E-state index contributed by atoms with van der Waals surface area (Å²) in [7, 11) is 0. The van der Waals surface area contributed by atoms with E-state index in [1.54, 1.807) is 11.5 Å². The third kappa shape index (κ3) is 1.64. The molecule has 0 amide bonds. The van der Waals surface area contributed by atoms with Gasteiger partial charge in [-0.15, -0.1) is 0 Å². The van der Waals surface area contributed by atoms with Crippen molar-refractivity contribution in [2.24, 2.45) is 0 Å². The molecule has 1 aromatic rings. The fourth-order valence-corrected chi connectivity index (χ4v) is 4.43. The van der Waals surface area contributed by atoms with Gasteiger partial charge >= 0.3 is 0 Å². The standard InChI is InChI=1S/C13H19N3OS/c14-12-11(8-4-5-8)13(18-15-12)16-6-7-17-10-3-1-2-9(10)16/h8-10H,1-7H2,(H2,14,15). The SMILES string of the molecule is Nc1nsc(N2CCOC3CCCC32)c1C1CC1. The van der Waals surface area contributed by atoms with Crippen LogP contribution in [-0.4, -0.2) is 29.7 Å². The van der Waals surface area contributed by atoms with Gasteiger partial charge in [0, 0.05) is 12.1 Å². The second kappa shape index (κ2) is 4.10. The van der Waals surface area contributed by atoms with Crippen LogP contribution in [0.3, 0.4) is 0 Å². The normalized spacial score (nSPS) is 31.7. The molecule has 1 saturated heterocycles. The minimum atomic E-state index is 0.439. The molecule has 0 spiro atoms. The lowest BCUT2D eigenvalue weighted by molar-refractivity contribution is 0.0258. The van der Waals surface area contributed by atoms with Gasteiger partial charge in [-0.1, -0.05) is 0 Å². The van der Waals surface area contributed by atoms with Gasteiger partial charge in [-0.3, -0.25) is 0 Å². The number of ether oxygens (including phenoxy) is 1. The van der Waals surface area contributed by atoms with Gasteiger partial charge in [-0.25, -0.2) is 0 Å². The molecule has 2 saturated carbocycles. The number of aromatic nitrogens is 1. The Labute approximate surface area is 111 Å². The van der Waals surface area contributed by atoms with Gasteiger partial charge in [0.15, 0.2) is 0 Å². The molecule has 0 bridgehead atoms. The summed E-state index contributed by atoms with van der Waals surface area (Å²) in [6.45, 7) is 1.85. The Hall–Kier alpha value is -0.810. The number of nitrogens with two attached hydrogens (primary N) is 1. The monoisotopic (exact) mass is 265 g/mol. The Bertz CT molecular complexity index is 457. The predicted molar refractivity (Wildman–Crippen MR) is 73.2 cm³/mol. The molecule has 98 valence electrons. The zero-order chi connectivity index (χ0) is 12.1. The Morgan fingerprint density at radius 1 is 1.28 bits per heavy atom. The lowest BCUT2D eigenvalue weighted by Gasteiger charge is -2.38. The molecule has 5 heteroatoms. The van der Waals surface area contributed by atoms with Gasteiger partial charge in [0.25, 0.3) is 0 Å². The summed E-state index contributed by atoms with van der Waals surface area (Å²) in [4.78, 5) is 2.54. The molecule has 2 aliphatic carbocycles. The van der Waals surface area contributed by atoms with Gasteiger partial charge < -0.3 is 15.4 Å². The molecule has 0 aromatic carbocycles. The summed E-state index contributed by atoms with van der Waals surface area (Å²) < 4.78 is 10.3. The molecule has 18 heavy (non-hydrogen) atoms. The summed E-state index contributed by atoms with van der Waals surface area (Å²) in [6, 6.07) is 0.566. The molecular formula is C13H19N3OS. The minimum absolute atomic E-state index is 0.439. The summed E-state index contributed by atoms with van der Waals surface area (Å²) in [5.41, 5.74) is 7.41. The van der Waals surface area contributed by atoms with Crippen molar-refractivity contribution in [2.75, 3.05) is 23.8 Å². The van der Waals surface area contributed by atoms with E-state index in [9.17, 15) is 0 Å². The Balaban J connectivity index is 1.69. The molecule has 2 N–H and O–H groups in total. The van der Waals surface area contributed by atoms with Crippen LogP contribution in [0.4, 0.5) is 10.8 Å². The van der Waals surface area contributed by atoms with E-state index >= 15 is 0 Å². The van der Waals surface area contributed by atoms with Crippen LogP contribution in [0.25, 0.3) is 0 Å². The van der Waals surface area contributed by atoms with Crippen LogP contribution in [0.1, 0.15) is 43.6 Å². The zero-order valence-corrected chi connectivity index (χ0v) is 11.3. The van der Waals surface area contributed by atoms with E-state index in [0.717, 1.165) is 19.0 Å². The summed E-state index contributed by atoms with van der Waals surface area (Å²) in [5.74, 6) is 1.46. The highest BCUT2D eigenvalue weighted by atomic mass is 32.1. The molecule has 1 aromatic heterocycles. The van der Waals surface area contributed by atoms with E-state index in [4.69, 9.17) is 10.5 Å². The van der Waals surface area contributed by atoms with Crippen LogP contribution in [0, 0.1) is 0 Å². The van der Waals surface area contributed by atoms with Crippen molar-refractivity contribution in [3.05, 3.63) is 5.56 Å². The quantitative estimate of drug-likeness (QED) is 0.892. The number of morpholine rings is 1. The van der Waals surface area contributed by atoms with Gasteiger partial charge in [0.2, 0.25) is 0 Å². The maximum Gasteiger partial charge on any atom is 0.142 e. The van der Waals surface area contributed by atoms with Crippen LogP contribution >= 0.6 is 11.5 Å². The van der Waals surface area contributed by atoms with Crippen LogP contribution in [0.5, 0.6) is 0 Å². The number of hydrogen-bond acceptors (Lipinski definition) is 5. The zero-order valence-electron chi connectivity index (χ0n) is 10.5. The summed E-state index contributed by atoms with van der Waals surface area (Å²) >= 11 is 1.60. The summed E-state index contributed by atoms with van der Waals surface area (Å²) in [5, 5.41) is 1.34. The number of nitrogen functional groups attached to an aromatic ring is 1. The molecule has 2 atom stereocenters. The highest BCUT2D eigenvalue weighted by Crippen LogP contribution is 2.50. The van der Waals surface area contributed by atoms with Gasteiger partial charge in [0.1, 0.15) is 10.8 Å². The van der Waals surface area contributed by atoms with Crippen LogP contribution in [0.2, 0.25) is 0 Å². The van der Waals surface area contributed by atoms with Crippen LogP contribution in [-0.2, 0) is 4.74 Å². The largest absolute Gasteiger partial charge is 0.383 e. The molecule has 3 fully saturated rings. The Kier molecular flexibility index (Phi) is 2.52. The maximum absolute atomic E-state index is 6.07. The second-order valence-corrected chi connectivity index (χ2v) is 6.41. The van der Waals surface area contributed by atoms with Crippen molar-refractivity contribution in [1.82, 2.24) is 4.37 Å². The first kappa shape index (κ1) is 11.1. The number of anilines is 2. The van der Waals surface area contributed by atoms with Crippen molar-refractivity contribution < 1.29 is 4.74 Å². The van der Waals surface area contributed by atoms with E-state index in [1.807, 2.05) is 0 Å². The van der Waals surface area contributed by atoms with Gasteiger partial charge in [-0.05, 0) is 49.6 Å². The second-order valence-electron chi connectivity index (χ2n) is 5.66. The van der Waals surface area contributed by atoms with E-state index in [0.29, 0.717) is 18.1 Å². The Morgan fingerprint density at radius 2 is 2.17 bits per heavy atom. The van der Waals surface area contributed by atoms with Gasteiger partial charge in [-0.2, -0.15) is 4.37 Å². The highest BCUT2D eigenvalue weighted by molar-refractivity contribution is 7.10. The fourth-order valence-electron chi connectivity index (χ4n) is 3.44. The predicted octanol–water partition coefficient (Wildman–Crippen LogP) is 2.36. The number of fused-ring (bicyclic) bond motifs is 1. The first-order chi connectivity index (χ1) is 8.84. The van der Waals surface area contributed by atoms with E-state index < -0.39 is 0 Å². The molecule has 0 radical (unpaired) electrons. The molecule has 1 aliphatic heterocycles. The lowest BCUT2D eigenvalue weighted by Crippen LogP contribution is -2.48. The first-order valence-electron chi connectivity index (χ1n) is 6.98. The van der Waals surface area contributed by atoms with E-state index in [1.165, 1.54) is 42.7 Å². The third-order valence-electron chi connectivity index (χ3n) is 4.47. The fraction of sp³-hybridized carbons (Fsp3) is 0.769. The van der Waals surface area contributed by atoms with Crippen molar-refractivity contribution in [2.45, 2.75) is 50.2 Å². The number of nitrogens with zero attached hydrogens (tertiary/aromatic N) is 2. The molecule has 3 aliphatic rings. The highest BCUT2D eigenvalue weighted by Gasteiger charge is 2.40. The molecule has 2 unspecified atom stereocenters. The first-order valence-corrected chi connectivity index (χ1v) is 7.75. The minimum Gasteiger partial charge on any atom is -0.383 e. The van der Waals surface area contributed by atoms with Crippen LogP contribution in [0.15, 0.2) is 0 Å². The number of rotatable bonds is 2. The average Bonchev–Trinajstić information content (AvgIpc) is 2.97. The number of hydrogen-bond donors (Lipinski definition) is 1. The third-order valence-corrected chi connectivity index (χ3v) is 5.38. The van der Waals surface area contributed by atoms with Crippen molar-refractivity contribution in [1.29, 1.82) is 0 Å². The van der Waals surface area contributed by atoms with E-state index in [-0.39, 0.29) is 0 Å². The maximum atomic E-state index is 6.07. The topological polar surface area (TPSA) is 51.4 Å². The average molecular weight is 265 g/mol. The summed E-state index contributed by atoms with van der Waals surface area (Å²) in [6.07, 6.45) is 6.77. The Morgan fingerprint density at radius 3 is 3.00 bits per heavy atom.